The van der Waals surface area contributed by atoms with E-state index in [9.17, 15) is 9.59 Å². The van der Waals surface area contributed by atoms with Gasteiger partial charge in [0, 0.05) is 31.9 Å². The molecule has 8 heteroatoms. The molecule has 0 radical (unpaired) electrons. The van der Waals surface area contributed by atoms with Crippen molar-refractivity contribution >= 4 is 34.5 Å². The van der Waals surface area contributed by atoms with Gasteiger partial charge in [-0.25, -0.2) is 9.78 Å². The Bertz CT molecular complexity index is 1060. The first-order chi connectivity index (χ1) is 15.0. The Morgan fingerprint density at radius 3 is 2.77 bits per heavy atom. The van der Waals surface area contributed by atoms with Crippen LogP contribution in [0.3, 0.4) is 0 Å². The Kier molecular flexibility index (Phi) is 6.18. The van der Waals surface area contributed by atoms with Crippen LogP contribution in [0.25, 0.3) is 11.0 Å². The summed E-state index contributed by atoms with van der Waals surface area (Å²) in [6.45, 7) is 5.49. The molecule has 1 aliphatic rings. The fraction of sp³-hybridized carbons (Fsp3) is 0.348. The van der Waals surface area contributed by atoms with Gasteiger partial charge < -0.3 is 19.9 Å². The van der Waals surface area contributed by atoms with Crippen molar-refractivity contribution in [3.63, 3.8) is 0 Å². The monoisotopic (exact) mass is 421 g/mol. The van der Waals surface area contributed by atoms with Gasteiger partial charge in [-0.1, -0.05) is 18.2 Å². The minimum absolute atomic E-state index is 0.0951. The highest BCUT2D eigenvalue weighted by Crippen LogP contribution is 2.19. The lowest BCUT2D eigenvalue weighted by Crippen LogP contribution is -2.36. The van der Waals surface area contributed by atoms with E-state index in [1.54, 1.807) is 18.2 Å². The van der Waals surface area contributed by atoms with Crippen LogP contribution in [-0.2, 0) is 9.53 Å². The normalized spacial score (nSPS) is 15.0. The lowest BCUT2D eigenvalue weighted by atomic mass is 10.1. The maximum absolute atomic E-state index is 12.7. The van der Waals surface area contributed by atoms with E-state index >= 15 is 0 Å². The molecule has 31 heavy (non-hydrogen) atoms. The number of hydrogen-bond acceptors (Lipinski definition) is 6. The van der Waals surface area contributed by atoms with Gasteiger partial charge in [0.05, 0.1) is 30.3 Å². The number of rotatable bonds is 5. The van der Waals surface area contributed by atoms with E-state index in [4.69, 9.17) is 9.72 Å². The number of anilines is 2. The van der Waals surface area contributed by atoms with Gasteiger partial charge in [-0.3, -0.25) is 9.69 Å². The summed E-state index contributed by atoms with van der Waals surface area (Å²) >= 11 is 0. The summed E-state index contributed by atoms with van der Waals surface area (Å²) in [5, 5.41) is 2.94. The summed E-state index contributed by atoms with van der Waals surface area (Å²) in [6.07, 6.45) is 0.946. The summed E-state index contributed by atoms with van der Waals surface area (Å²) < 4.78 is 4.77. The number of benzene rings is 2. The summed E-state index contributed by atoms with van der Waals surface area (Å²) in [7, 11) is 1.34. The first kappa shape index (κ1) is 20.9. The number of H-pyrrole nitrogens is 1. The van der Waals surface area contributed by atoms with Crippen molar-refractivity contribution in [2.75, 3.05) is 50.1 Å². The Labute approximate surface area is 181 Å². The van der Waals surface area contributed by atoms with Crippen LogP contribution in [0.1, 0.15) is 22.3 Å². The molecule has 0 aliphatic carbocycles. The van der Waals surface area contributed by atoms with Crippen molar-refractivity contribution in [1.82, 2.24) is 14.9 Å². The zero-order valence-corrected chi connectivity index (χ0v) is 17.9. The molecule has 1 fully saturated rings. The second kappa shape index (κ2) is 9.18. The molecule has 8 nitrogen and oxygen atoms in total. The molecule has 2 heterocycles. The van der Waals surface area contributed by atoms with Crippen LogP contribution in [0.2, 0.25) is 0 Å². The van der Waals surface area contributed by atoms with Crippen LogP contribution in [0.15, 0.2) is 42.5 Å². The number of ether oxygens (including phenoxy) is 1. The van der Waals surface area contributed by atoms with E-state index in [1.807, 2.05) is 31.2 Å². The first-order valence-electron chi connectivity index (χ1n) is 10.4. The Morgan fingerprint density at radius 1 is 1.13 bits per heavy atom. The minimum Gasteiger partial charge on any atom is -0.465 e. The Balaban J connectivity index is 1.36. The molecule has 2 aromatic carbocycles. The average molecular weight is 422 g/mol. The number of carbonyl (C=O) groups is 2. The standard InChI is InChI=1S/C23H27N5O3/c1-16-8-9-17(22(30)31-2)14-20(16)24-21(29)15-27-10-5-11-28(13-12-27)23-25-18-6-3-4-7-19(18)26-23/h3-4,6-9,14H,5,10-13,15H2,1-2H3,(H,24,29)(H,25,26). The number of aromatic nitrogens is 2. The molecule has 2 N–H and O–H groups in total. The van der Waals surface area contributed by atoms with Crippen LogP contribution in [0, 0.1) is 6.92 Å². The number of methoxy groups -OCH3 is 1. The number of amides is 1. The van der Waals surface area contributed by atoms with Crippen molar-refractivity contribution in [3.05, 3.63) is 53.6 Å². The largest absolute Gasteiger partial charge is 0.465 e. The van der Waals surface area contributed by atoms with E-state index in [0.29, 0.717) is 17.8 Å². The van der Waals surface area contributed by atoms with Crippen molar-refractivity contribution in [2.24, 2.45) is 0 Å². The zero-order valence-electron chi connectivity index (χ0n) is 17.9. The molecule has 1 amide bonds. The molecule has 1 aromatic heterocycles. The van der Waals surface area contributed by atoms with Crippen LogP contribution in [0.5, 0.6) is 0 Å². The summed E-state index contributed by atoms with van der Waals surface area (Å²) in [5.74, 6) is 0.360. The van der Waals surface area contributed by atoms with Gasteiger partial charge in [0.1, 0.15) is 0 Å². The molecule has 4 rings (SSSR count). The van der Waals surface area contributed by atoms with E-state index < -0.39 is 5.97 Å². The number of esters is 1. The maximum atomic E-state index is 12.7. The number of nitrogens with zero attached hydrogens (tertiary/aromatic N) is 3. The highest BCUT2D eigenvalue weighted by molar-refractivity contribution is 5.96. The van der Waals surface area contributed by atoms with Gasteiger partial charge in [-0.2, -0.15) is 0 Å². The molecule has 0 atom stereocenters. The molecule has 0 spiro atoms. The number of carbonyl (C=O) groups excluding carboxylic acids is 2. The lowest BCUT2D eigenvalue weighted by Gasteiger charge is -2.21. The Morgan fingerprint density at radius 2 is 1.97 bits per heavy atom. The van der Waals surface area contributed by atoms with E-state index in [1.165, 1.54) is 7.11 Å². The first-order valence-corrected chi connectivity index (χ1v) is 10.4. The number of aryl methyl sites for hydroxylation is 1. The predicted molar refractivity (Wildman–Crippen MR) is 121 cm³/mol. The van der Waals surface area contributed by atoms with Gasteiger partial charge >= 0.3 is 5.97 Å². The van der Waals surface area contributed by atoms with E-state index in [0.717, 1.165) is 55.1 Å². The van der Waals surface area contributed by atoms with Crippen LogP contribution < -0.4 is 10.2 Å². The van der Waals surface area contributed by atoms with Crippen molar-refractivity contribution < 1.29 is 14.3 Å². The molecule has 0 saturated carbocycles. The zero-order chi connectivity index (χ0) is 21.8. The van der Waals surface area contributed by atoms with Gasteiger partial charge in [-0.15, -0.1) is 0 Å². The van der Waals surface area contributed by atoms with Crippen LogP contribution >= 0.6 is 0 Å². The number of nitrogens with one attached hydrogen (secondary N) is 2. The smallest absolute Gasteiger partial charge is 0.337 e. The SMILES string of the molecule is COC(=O)c1ccc(C)c(NC(=O)CN2CCCN(c3nc4ccccc4[nH]3)CC2)c1. The van der Waals surface area contributed by atoms with E-state index in [-0.39, 0.29) is 5.91 Å². The Hall–Kier alpha value is -3.39. The van der Waals surface area contributed by atoms with Gasteiger partial charge in [0.2, 0.25) is 11.9 Å². The van der Waals surface area contributed by atoms with Gasteiger partial charge in [-0.05, 0) is 43.2 Å². The third-order valence-electron chi connectivity index (χ3n) is 5.56. The third kappa shape index (κ3) is 4.86. The highest BCUT2D eigenvalue weighted by atomic mass is 16.5. The topological polar surface area (TPSA) is 90.6 Å². The van der Waals surface area contributed by atoms with Crippen molar-refractivity contribution in [1.29, 1.82) is 0 Å². The van der Waals surface area contributed by atoms with Crippen molar-refractivity contribution in [3.8, 4) is 0 Å². The van der Waals surface area contributed by atoms with Gasteiger partial charge in [0.25, 0.3) is 0 Å². The number of imidazole rings is 1. The summed E-state index contributed by atoms with van der Waals surface area (Å²) in [6, 6.07) is 13.2. The molecule has 1 aliphatic heterocycles. The van der Waals surface area contributed by atoms with E-state index in [2.05, 4.69) is 20.1 Å². The molecule has 0 unspecified atom stereocenters. The van der Waals surface area contributed by atoms with Gasteiger partial charge in [0.15, 0.2) is 0 Å². The summed E-state index contributed by atoms with van der Waals surface area (Å²) in [4.78, 5) is 36.9. The number of para-hydroxylation sites is 2. The number of hydrogen-bond donors (Lipinski definition) is 2. The fourth-order valence-corrected chi connectivity index (χ4v) is 3.82. The number of fused-ring (bicyclic) bond motifs is 1. The minimum atomic E-state index is -0.423. The fourth-order valence-electron chi connectivity index (χ4n) is 3.82. The second-order valence-electron chi connectivity index (χ2n) is 7.76. The molecule has 3 aromatic rings. The quantitative estimate of drug-likeness (QED) is 0.616. The van der Waals surface area contributed by atoms with Crippen LogP contribution in [-0.4, -0.2) is 66.6 Å². The molecular formula is C23H27N5O3. The van der Waals surface area contributed by atoms with Crippen molar-refractivity contribution in [2.45, 2.75) is 13.3 Å². The van der Waals surface area contributed by atoms with Crippen LogP contribution in [0.4, 0.5) is 11.6 Å². The molecule has 1 saturated heterocycles. The molecular weight excluding hydrogens is 394 g/mol. The second-order valence-corrected chi connectivity index (χ2v) is 7.76. The highest BCUT2D eigenvalue weighted by Gasteiger charge is 2.20. The summed E-state index contributed by atoms with van der Waals surface area (Å²) in [5.41, 5.74) is 3.93. The molecule has 0 bridgehead atoms. The molecule has 162 valence electrons. The lowest BCUT2D eigenvalue weighted by molar-refractivity contribution is -0.117. The third-order valence-corrected chi connectivity index (χ3v) is 5.56. The average Bonchev–Trinajstić information content (AvgIpc) is 3.07. The number of aromatic amines is 1. The predicted octanol–water partition coefficient (Wildman–Crippen LogP) is 2.81. The maximum Gasteiger partial charge on any atom is 0.337 e.